The van der Waals surface area contributed by atoms with Crippen LogP contribution < -0.4 is 5.32 Å². The maximum absolute atomic E-state index is 3.78. The van der Waals surface area contributed by atoms with E-state index in [1.807, 2.05) is 0 Å². The van der Waals surface area contributed by atoms with Crippen LogP contribution >= 0.6 is 0 Å². The minimum atomic E-state index is 0.824. The molecular weight excluding hydrogens is 244 g/mol. The lowest BCUT2D eigenvalue weighted by Gasteiger charge is -2.45. The van der Waals surface area contributed by atoms with E-state index in [9.17, 15) is 0 Å². The molecule has 0 bridgehead atoms. The Hall–Kier alpha value is -0.0800. The quantitative estimate of drug-likeness (QED) is 0.849. The van der Waals surface area contributed by atoms with E-state index in [0.29, 0.717) is 0 Å². The van der Waals surface area contributed by atoms with Gasteiger partial charge in [-0.15, -0.1) is 0 Å². The molecule has 4 rings (SSSR count). The molecule has 0 aromatic rings. The molecule has 2 heteroatoms. The third-order valence-electron chi connectivity index (χ3n) is 6.71. The van der Waals surface area contributed by atoms with Crippen molar-refractivity contribution >= 4 is 0 Å². The average molecular weight is 276 g/mol. The molecule has 0 radical (unpaired) electrons. The Balaban J connectivity index is 1.30. The van der Waals surface area contributed by atoms with E-state index in [2.05, 4.69) is 10.2 Å². The van der Waals surface area contributed by atoms with Crippen LogP contribution in [0.2, 0.25) is 0 Å². The van der Waals surface area contributed by atoms with Gasteiger partial charge in [0.25, 0.3) is 0 Å². The molecule has 114 valence electrons. The number of nitrogens with one attached hydrogen (secondary N) is 1. The van der Waals surface area contributed by atoms with Crippen molar-refractivity contribution in [3.8, 4) is 0 Å². The maximum Gasteiger partial charge on any atom is 0.0250 e. The normalized spacial score (nSPS) is 43.2. The molecule has 0 aromatic heterocycles. The first-order valence-corrected chi connectivity index (χ1v) is 9.39. The molecule has 1 N–H and O–H groups in total. The highest BCUT2D eigenvalue weighted by atomic mass is 15.2. The predicted octanol–water partition coefficient (Wildman–Crippen LogP) is 3.42. The molecule has 1 aliphatic heterocycles. The molecule has 20 heavy (non-hydrogen) atoms. The van der Waals surface area contributed by atoms with Crippen LogP contribution in [-0.2, 0) is 0 Å². The summed E-state index contributed by atoms with van der Waals surface area (Å²) in [6.45, 7) is 3.99. The standard InChI is InChI=1S/C18H32N2/c1-2-6-14(7-3-1)16-12-15(16)13-20-11-10-19-17-8-4-5-9-18(17)20/h14-19H,1-13H2. The van der Waals surface area contributed by atoms with E-state index in [1.165, 1.54) is 64.6 Å². The zero-order chi connectivity index (χ0) is 13.4. The topological polar surface area (TPSA) is 15.3 Å². The molecular formula is C18H32N2. The summed E-state index contributed by atoms with van der Waals surface area (Å²) in [5.74, 6) is 3.30. The fourth-order valence-corrected chi connectivity index (χ4v) is 5.49. The SMILES string of the molecule is C1CCC(C2CC2CN2CCNC3CCCCC32)CC1. The van der Waals surface area contributed by atoms with E-state index in [1.54, 1.807) is 19.3 Å². The van der Waals surface area contributed by atoms with Gasteiger partial charge in [0.2, 0.25) is 0 Å². The van der Waals surface area contributed by atoms with Crippen LogP contribution in [-0.4, -0.2) is 36.6 Å². The lowest BCUT2D eigenvalue weighted by molar-refractivity contribution is 0.0807. The van der Waals surface area contributed by atoms with Crippen LogP contribution in [0.3, 0.4) is 0 Å². The summed E-state index contributed by atoms with van der Waals surface area (Å²) < 4.78 is 0. The third kappa shape index (κ3) is 2.78. The van der Waals surface area contributed by atoms with Crippen molar-refractivity contribution in [2.75, 3.05) is 19.6 Å². The minimum Gasteiger partial charge on any atom is -0.311 e. The van der Waals surface area contributed by atoms with E-state index < -0.39 is 0 Å². The largest absolute Gasteiger partial charge is 0.311 e. The maximum atomic E-state index is 3.78. The van der Waals surface area contributed by atoms with Crippen molar-refractivity contribution in [2.45, 2.75) is 76.3 Å². The van der Waals surface area contributed by atoms with Gasteiger partial charge in [-0.3, -0.25) is 4.90 Å². The molecule has 4 fully saturated rings. The molecule has 0 amide bonds. The van der Waals surface area contributed by atoms with Crippen molar-refractivity contribution in [1.82, 2.24) is 10.2 Å². The van der Waals surface area contributed by atoms with Gasteiger partial charge in [-0.1, -0.05) is 44.9 Å². The monoisotopic (exact) mass is 276 g/mol. The van der Waals surface area contributed by atoms with Gasteiger partial charge in [0, 0.05) is 31.7 Å². The lowest BCUT2D eigenvalue weighted by atomic mass is 9.84. The minimum absolute atomic E-state index is 0.824. The van der Waals surface area contributed by atoms with Gasteiger partial charge in [0.1, 0.15) is 0 Å². The van der Waals surface area contributed by atoms with E-state index >= 15 is 0 Å². The van der Waals surface area contributed by atoms with E-state index in [4.69, 9.17) is 0 Å². The summed E-state index contributed by atoms with van der Waals surface area (Å²) in [5, 5.41) is 3.78. The molecule has 3 aliphatic carbocycles. The van der Waals surface area contributed by atoms with Gasteiger partial charge in [-0.2, -0.15) is 0 Å². The second-order valence-electron chi connectivity index (χ2n) is 7.97. The Morgan fingerprint density at radius 3 is 2.60 bits per heavy atom. The van der Waals surface area contributed by atoms with Crippen LogP contribution in [0.1, 0.15) is 64.2 Å². The molecule has 0 spiro atoms. The van der Waals surface area contributed by atoms with Gasteiger partial charge in [-0.05, 0) is 37.0 Å². The summed E-state index contributed by atoms with van der Waals surface area (Å²) in [4.78, 5) is 2.88. The van der Waals surface area contributed by atoms with Crippen molar-refractivity contribution in [3.05, 3.63) is 0 Å². The molecule has 0 aromatic carbocycles. The van der Waals surface area contributed by atoms with Crippen molar-refractivity contribution in [3.63, 3.8) is 0 Å². The average Bonchev–Trinajstić information content (AvgIpc) is 3.28. The number of rotatable bonds is 3. The van der Waals surface area contributed by atoms with Crippen LogP contribution in [0, 0.1) is 17.8 Å². The predicted molar refractivity (Wildman–Crippen MR) is 83.8 cm³/mol. The highest BCUT2D eigenvalue weighted by molar-refractivity contribution is 4.98. The number of hydrogen-bond acceptors (Lipinski definition) is 2. The van der Waals surface area contributed by atoms with E-state index in [0.717, 1.165) is 29.8 Å². The number of hydrogen-bond donors (Lipinski definition) is 1. The highest BCUT2D eigenvalue weighted by Crippen LogP contribution is 2.50. The van der Waals surface area contributed by atoms with E-state index in [-0.39, 0.29) is 0 Å². The fourth-order valence-electron chi connectivity index (χ4n) is 5.49. The van der Waals surface area contributed by atoms with Crippen LogP contribution in [0.15, 0.2) is 0 Å². The Morgan fingerprint density at radius 1 is 0.900 bits per heavy atom. The first-order chi connectivity index (χ1) is 9.92. The van der Waals surface area contributed by atoms with Crippen LogP contribution in [0.25, 0.3) is 0 Å². The smallest absolute Gasteiger partial charge is 0.0250 e. The highest BCUT2D eigenvalue weighted by Gasteiger charge is 2.45. The summed E-state index contributed by atoms with van der Waals surface area (Å²) in [6.07, 6.45) is 15.0. The zero-order valence-electron chi connectivity index (χ0n) is 13.0. The first kappa shape index (κ1) is 13.6. The summed E-state index contributed by atoms with van der Waals surface area (Å²) in [5.41, 5.74) is 0. The molecule has 3 saturated carbocycles. The van der Waals surface area contributed by atoms with Crippen molar-refractivity contribution in [2.24, 2.45) is 17.8 Å². The summed E-state index contributed by atoms with van der Waals surface area (Å²) in [7, 11) is 0. The Bertz CT molecular complexity index is 321. The van der Waals surface area contributed by atoms with Crippen LogP contribution in [0.4, 0.5) is 0 Å². The zero-order valence-corrected chi connectivity index (χ0v) is 13.0. The Kier molecular flexibility index (Phi) is 4.05. The van der Waals surface area contributed by atoms with Gasteiger partial charge >= 0.3 is 0 Å². The Morgan fingerprint density at radius 2 is 1.70 bits per heavy atom. The third-order valence-corrected chi connectivity index (χ3v) is 6.71. The van der Waals surface area contributed by atoms with Gasteiger partial charge in [-0.25, -0.2) is 0 Å². The summed E-state index contributed by atoms with van der Waals surface area (Å²) >= 11 is 0. The van der Waals surface area contributed by atoms with Gasteiger partial charge < -0.3 is 5.32 Å². The first-order valence-electron chi connectivity index (χ1n) is 9.39. The fraction of sp³-hybridized carbons (Fsp3) is 1.00. The molecule has 4 aliphatic rings. The number of nitrogens with zero attached hydrogens (tertiary/aromatic N) is 1. The summed E-state index contributed by atoms with van der Waals surface area (Å²) in [6, 6.07) is 1.70. The molecule has 1 saturated heterocycles. The second kappa shape index (κ2) is 5.96. The molecule has 2 nitrogen and oxygen atoms in total. The molecule has 1 heterocycles. The van der Waals surface area contributed by atoms with Crippen molar-refractivity contribution in [1.29, 1.82) is 0 Å². The van der Waals surface area contributed by atoms with Crippen molar-refractivity contribution < 1.29 is 0 Å². The second-order valence-corrected chi connectivity index (χ2v) is 7.97. The lowest BCUT2D eigenvalue weighted by Crippen LogP contribution is -2.59. The Labute approximate surface area is 124 Å². The van der Waals surface area contributed by atoms with Gasteiger partial charge in [0.15, 0.2) is 0 Å². The number of fused-ring (bicyclic) bond motifs is 1. The van der Waals surface area contributed by atoms with Gasteiger partial charge in [0.05, 0.1) is 0 Å². The number of piperazine rings is 1. The van der Waals surface area contributed by atoms with Crippen LogP contribution in [0.5, 0.6) is 0 Å². The molecule has 4 atom stereocenters. The molecule has 4 unspecified atom stereocenters.